The fraction of sp³-hybridized carbons (Fsp3) is 0.619. The Hall–Kier alpha value is -1.93. The molecule has 2 rings (SSSR count). The summed E-state index contributed by atoms with van der Waals surface area (Å²) in [7, 11) is -3.83. The van der Waals surface area contributed by atoms with E-state index in [0.29, 0.717) is 32.4 Å². The summed E-state index contributed by atoms with van der Waals surface area (Å²) in [5.74, 6) is -0.828. The van der Waals surface area contributed by atoms with Crippen molar-refractivity contribution in [2.45, 2.75) is 57.9 Å². The lowest BCUT2D eigenvalue weighted by Crippen LogP contribution is -2.52. The molecule has 1 aromatic rings. The normalized spacial score (nSPS) is 18.5. The van der Waals surface area contributed by atoms with Gasteiger partial charge in [0.15, 0.2) is 0 Å². The predicted molar refractivity (Wildman–Crippen MR) is 111 cm³/mol. The van der Waals surface area contributed by atoms with Crippen LogP contribution in [-0.2, 0) is 24.3 Å². The SMILES string of the molecule is CCOC(=O)C1CCCN(C(=O)C(CC(C)C)NS(=O)(=O)c2ccc(C)cc2)C1. The molecule has 1 N–H and O–H groups in total. The van der Waals surface area contributed by atoms with Crippen LogP contribution in [0.5, 0.6) is 0 Å². The molecular weight excluding hydrogens is 392 g/mol. The molecule has 0 spiro atoms. The molecule has 162 valence electrons. The van der Waals surface area contributed by atoms with Crippen molar-refractivity contribution in [3.63, 3.8) is 0 Å². The highest BCUT2D eigenvalue weighted by atomic mass is 32.2. The molecule has 0 radical (unpaired) electrons. The monoisotopic (exact) mass is 424 g/mol. The number of nitrogens with zero attached hydrogens (tertiary/aromatic N) is 1. The average molecular weight is 425 g/mol. The number of aryl methyl sites for hydroxylation is 1. The number of carbonyl (C=O) groups is 2. The van der Waals surface area contributed by atoms with Gasteiger partial charge in [0.2, 0.25) is 15.9 Å². The van der Waals surface area contributed by atoms with Crippen LogP contribution in [0, 0.1) is 18.8 Å². The highest BCUT2D eigenvalue weighted by Crippen LogP contribution is 2.21. The standard InChI is InChI=1S/C21H32N2O5S/c1-5-28-21(25)17-7-6-12-23(14-17)20(24)19(13-15(2)3)22-29(26,27)18-10-8-16(4)9-11-18/h8-11,15,17,19,22H,5-7,12-14H2,1-4H3. The maximum atomic E-state index is 13.2. The summed E-state index contributed by atoms with van der Waals surface area (Å²) in [6.45, 7) is 8.59. The maximum Gasteiger partial charge on any atom is 0.310 e. The van der Waals surface area contributed by atoms with E-state index in [0.717, 1.165) is 5.56 Å². The lowest BCUT2D eigenvalue weighted by molar-refractivity contribution is -0.151. The minimum Gasteiger partial charge on any atom is -0.466 e. The molecule has 1 aliphatic rings. The van der Waals surface area contributed by atoms with Crippen LogP contribution in [0.4, 0.5) is 0 Å². The molecule has 8 heteroatoms. The predicted octanol–water partition coefficient (Wildman–Crippen LogP) is 2.49. The van der Waals surface area contributed by atoms with Gasteiger partial charge in [-0.3, -0.25) is 9.59 Å². The second kappa shape index (κ2) is 10.2. The molecule has 2 unspecified atom stereocenters. The second-order valence-electron chi connectivity index (χ2n) is 7.99. The van der Waals surface area contributed by atoms with Crippen LogP contribution < -0.4 is 4.72 Å². The summed E-state index contributed by atoms with van der Waals surface area (Å²) in [4.78, 5) is 27.0. The van der Waals surface area contributed by atoms with E-state index in [1.54, 1.807) is 24.0 Å². The number of hydrogen-bond acceptors (Lipinski definition) is 5. The van der Waals surface area contributed by atoms with Gasteiger partial charge in [-0.1, -0.05) is 31.5 Å². The number of piperidine rings is 1. The maximum absolute atomic E-state index is 13.2. The van der Waals surface area contributed by atoms with Crippen molar-refractivity contribution in [1.82, 2.24) is 9.62 Å². The lowest BCUT2D eigenvalue weighted by atomic mass is 9.96. The van der Waals surface area contributed by atoms with Crippen molar-refractivity contribution < 1.29 is 22.7 Å². The third-order valence-corrected chi connectivity index (χ3v) is 6.47. The van der Waals surface area contributed by atoms with Gasteiger partial charge in [0.25, 0.3) is 0 Å². The summed E-state index contributed by atoms with van der Waals surface area (Å²) < 4.78 is 33.3. The molecule has 1 saturated heterocycles. The molecule has 2 atom stereocenters. The Balaban J connectivity index is 2.17. The largest absolute Gasteiger partial charge is 0.466 e. The quantitative estimate of drug-likeness (QED) is 0.647. The van der Waals surface area contributed by atoms with E-state index in [1.807, 2.05) is 20.8 Å². The molecule has 0 aromatic heterocycles. The first kappa shape index (κ1) is 23.3. The summed E-state index contributed by atoms with van der Waals surface area (Å²) >= 11 is 0. The second-order valence-corrected chi connectivity index (χ2v) is 9.71. The Bertz CT molecular complexity index is 805. The molecule has 1 aromatic carbocycles. The molecule has 0 aliphatic carbocycles. The summed E-state index contributed by atoms with van der Waals surface area (Å²) in [5, 5.41) is 0. The zero-order valence-corrected chi connectivity index (χ0v) is 18.5. The lowest BCUT2D eigenvalue weighted by Gasteiger charge is -2.34. The first-order chi connectivity index (χ1) is 13.6. The van der Waals surface area contributed by atoms with Crippen LogP contribution in [0.3, 0.4) is 0 Å². The molecule has 0 bridgehead atoms. The first-order valence-electron chi connectivity index (χ1n) is 10.2. The van der Waals surface area contributed by atoms with E-state index in [9.17, 15) is 18.0 Å². The van der Waals surface area contributed by atoms with Crippen molar-refractivity contribution in [2.75, 3.05) is 19.7 Å². The van der Waals surface area contributed by atoms with Gasteiger partial charge in [0.1, 0.15) is 6.04 Å². The van der Waals surface area contributed by atoms with Gasteiger partial charge in [-0.05, 0) is 51.2 Å². The average Bonchev–Trinajstić information content (AvgIpc) is 2.67. The molecule has 1 fully saturated rings. The zero-order chi connectivity index (χ0) is 21.6. The fourth-order valence-electron chi connectivity index (χ4n) is 3.49. The van der Waals surface area contributed by atoms with Crippen LogP contribution in [0.2, 0.25) is 0 Å². The number of likely N-dealkylation sites (tertiary alicyclic amines) is 1. The molecule has 7 nitrogen and oxygen atoms in total. The van der Waals surface area contributed by atoms with Gasteiger partial charge in [-0.2, -0.15) is 4.72 Å². The summed E-state index contributed by atoms with van der Waals surface area (Å²) in [5.41, 5.74) is 0.956. The minimum absolute atomic E-state index is 0.121. The van der Waals surface area contributed by atoms with Gasteiger partial charge >= 0.3 is 5.97 Å². The molecule has 0 saturated carbocycles. The number of sulfonamides is 1. The number of esters is 1. The van der Waals surface area contributed by atoms with Crippen LogP contribution in [0.25, 0.3) is 0 Å². The number of benzene rings is 1. The van der Waals surface area contributed by atoms with E-state index < -0.39 is 16.1 Å². The van der Waals surface area contributed by atoms with Crippen molar-refractivity contribution in [3.05, 3.63) is 29.8 Å². The van der Waals surface area contributed by atoms with E-state index in [4.69, 9.17) is 4.74 Å². The molecular formula is C21H32N2O5S. The van der Waals surface area contributed by atoms with Crippen molar-refractivity contribution >= 4 is 21.9 Å². The number of ether oxygens (including phenoxy) is 1. The smallest absolute Gasteiger partial charge is 0.310 e. The number of rotatable bonds is 8. The van der Waals surface area contributed by atoms with E-state index >= 15 is 0 Å². The van der Waals surface area contributed by atoms with Gasteiger partial charge < -0.3 is 9.64 Å². The van der Waals surface area contributed by atoms with Crippen LogP contribution >= 0.6 is 0 Å². The van der Waals surface area contributed by atoms with Crippen molar-refractivity contribution in [1.29, 1.82) is 0 Å². The minimum atomic E-state index is -3.83. The van der Waals surface area contributed by atoms with Gasteiger partial charge in [0, 0.05) is 13.1 Å². The Kier molecular flexibility index (Phi) is 8.22. The fourth-order valence-corrected chi connectivity index (χ4v) is 4.70. The van der Waals surface area contributed by atoms with Crippen LogP contribution in [0.1, 0.15) is 45.6 Å². The van der Waals surface area contributed by atoms with Crippen molar-refractivity contribution in [3.8, 4) is 0 Å². The van der Waals surface area contributed by atoms with Gasteiger partial charge in [0.05, 0.1) is 17.4 Å². The van der Waals surface area contributed by atoms with Crippen molar-refractivity contribution in [2.24, 2.45) is 11.8 Å². The van der Waals surface area contributed by atoms with E-state index in [-0.39, 0.29) is 35.2 Å². The number of hydrogen-bond donors (Lipinski definition) is 1. The highest BCUT2D eigenvalue weighted by Gasteiger charge is 2.34. The Labute approximate surface area is 173 Å². The molecule has 29 heavy (non-hydrogen) atoms. The van der Waals surface area contributed by atoms with Crippen LogP contribution in [0.15, 0.2) is 29.2 Å². The molecule has 1 aliphatic heterocycles. The Morgan fingerprint density at radius 2 is 1.90 bits per heavy atom. The van der Waals surface area contributed by atoms with Gasteiger partial charge in [-0.15, -0.1) is 0 Å². The third kappa shape index (κ3) is 6.54. The van der Waals surface area contributed by atoms with Crippen LogP contribution in [-0.4, -0.2) is 50.9 Å². The first-order valence-corrected chi connectivity index (χ1v) is 11.7. The summed E-state index contributed by atoms with van der Waals surface area (Å²) in [6, 6.07) is 5.64. The number of nitrogens with one attached hydrogen (secondary N) is 1. The Morgan fingerprint density at radius 1 is 1.24 bits per heavy atom. The number of carbonyl (C=O) groups excluding carboxylic acids is 2. The Morgan fingerprint density at radius 3 is 2.48 bits per heavy atom. The third-order valence-electron chi connectivity index (χ3n) is 4.99. The highest BCUT2D eigenvalue weighted by molar-refractivity contribution is 7.89. The molecule has 1 heterocycles. The zero-order valence-electron chi connectivity index (χ0n) is 17.7. The number of amides is 1. The topological polar surface area (TPSA) is 92.8 Å². The summed E-state index contributed by atoms with van der Waals surface area (Å²) in [6.07, 6.45) is 1.74. The van der Waals surface area contributed by atoms with E-state index in [1.165, 1.54) is 12.1 Å². The van der Waals surface area contributed by atoms with Gasteiger partial charge in [-0.25, -0.2) is 8.42 Å². The van der Waals surface area contributed by atoms with E-state index in [2.05, 4.69) is 4.72 Å². The molecule has 1 amide bonds.